The van der Waals surface area contributed by atoms with Crippen LogP contribution in [0.4, 0.5) is 10.7 Å². The van der Waals surface area contributed by atoms with Crippen molar-refractivity contribution in [3.63, 3.8) is 0 Å². The van der Waals surface area contributed by atoms with Crippen molar-refractivity contribution in [2.45, 2.75) is 23.3 Å². The van der Waals surface area contributed by atoms with Gasteiger partial charge in [0, 0.05) is 11.3 Å². The highest BCUT2D eigenvalue weighted by Crippen LogP contribution is 2.38. The van der Waals surface area contributed by atoms with Gasteiger partial charge in [0.1, 0.15) is 6.61 Å². The van der Waals surface area contributed by atoms with Crippen molar-refractivity contribution < 1.29 is 37.0 Å². The van der Waals surface area contributed by atoms with E-state index in [9.17, 15) is 22.8 Å². The van der Waals surface area contributed by atoms with Gasteiger partial charge in [0.05, 0.1) is 27.7 Å². The minimum atomic E-state index is -3.90. The topological polar surface area (TPSA) is 149 Å². The number of carbonyl (C=O) groups is 3. The van der Waals surface area contributed by atoms with Gasteiger partial charge in [-0.15, -0.1) is 27.1 Å². The number of nitrogens with zero attached hydrogens (tertiary/aromatic N) is 1. The van der Waals surface area contributed by atoms with Crippen LogP contribution in [0.2, 0.25) is 4.34 Å². The van der Waals surface area contributed by atoms with E-state index in [4.69, 9.17) is 21.1 Å². The summed E-state index contributed by atoms with van der Waals surface area (Å²) in [4.78, 5) is 33.9. The van der Waals surface area contributed by atoms with Crippen LogP contribution in [-0.4, -0.2) is 45.5 Å². The SMILES string of the molecule is O=COC(=O)C(=O)Nc1cc2c(s1)COC(COC1=NS(=O)(=O)c3sc(Cl)cc3N1)C2. The molecule has 164 valence electrons. The van der Waals surface area contributed by atoms with E-state index >= 15 is 0 Å². The Morgan fingerprint density at radius 1 is 1.39 bits per heavy atom. The lowest BCUT2D eigenvalue weighted by atomic mass is 10.1. The number of hydrogen-bond acceptors (Lipinski definition) is 11. The molecule has 0 radical (unpaired) electrons. The van der Waals surface area contributed by atoms with E-state index in [1.54, 1.807) is 6.07 Å². The molecule has 2 aromatic rings. The van der Waals surface area contributed by atoms with Gasteiger partial charge in [0.2, 0.25) is 0 Å². The van der Waals surface area contributed by atoms with Gasteiger partial charge in [-0.1, -0.05) is 11.6 Å². The van der Waals surface area contributed by atoms with Crippen LogP contribution in [0.3, 0.4) is 0 Å². The van der Waals surface area contributed by atoms with Gasteiger partial charge < -0.3 is 24.8 Å². The predicted molar refractivity (Wildman–Crippen MR) is 111 cm³/mol. The molecule has 0 saturated heterocycles. The minimum Gasteiger partial charge on any atom is -0.462 e. The third-order valence-electron chi connectivity index (χ3n) is 4.12. The Morgan fingerprint density at radius 3 is 2.97 bits per heavy atom. The standard InChI is InChI=1S/C16H12ClN3O8S3/c17-11-3-9-15(30-11)31(24,25)20-16(18-9)27-4-8-1-7-2-12(29-10(7)5-26-8)19-13(22)14(23)28-6-21/h2-3,6,8H,1,4-5H2,(H,18,20)(H,19,22). The molecule has 2 aliphatic heterocycles. The molecule has 0 spiro atoms. The fraction of sp³-hybridized carbons (Fsp3) is 0.250. The first-order valence-corrected chi connectivity index (χ1v) is 11.9. The smallest absolute Gasteiger partial charge is 0.404 e. The third-order valence-corrected chi connectivity index (χ3v) is 8.23. The molecule has 0 aliphatic carbocycles. The Hall–Kier alpha value is -2.52. The maximum absolute atomic E-state index is 12.2. The Labute approximate surface area is 188 Å². The molecule has 0 aromatic carbocycles. The minimum absolute atomic E-state index is 0.0216. The van der Waals surface area contributed by atoms with E-state index in [0.717, 1.165) is 21.8 Å². The zero-order valence-electron chi connectivity index (χ0n) is 15.2. The Morgan fingerprint density at radius 2 is 2.19 bits per heavy atom. The second-order valence-corrected chi connectivity index (χ2v) is 10.8. The number of amidine groups is 1. The Kier molecular flexibility index (Phi) is 5.98. The third kappa shape index (κ3) is 4.72. The van der Waals surface area contributed by atoms with Crippen LogP contribution >= 0.6 is 34.3 Å². The fourth-order valence-electron chi connectivity index (χ4n) is 2.84. The molecule has 1 unspecified atom stereocenters. The van der Waals surface area contributed by atoms with E-state index in [1.165, 1.54) is 17.4 Å². The van der Waals surface area contributed by atoms with E-state index in [-0.39, 0.29) is 29.9 Å². The van der Waals surface area contributed by atoms with Gasteiger partial charge >= 0.3 is 24.4 Å². The molecular weight excluding hydrogens is 494 g/mol. The van der Waals surface area contributed by atoms with Crippen molar-refractivity contribution >= 4 is 79.4 Å². The van der Waals surface area contributed by atoms with Crippen LogP contribution < -0.4 is 10.6 Å². The lowest BCUT2D eigenvalue weighted by Crippen LogP contribution is -2.31. The van der Waals surface area contributed by atoms with E-state index in [1.807, 2.05) is 0 Å². The predicted octanol–water partition coefficient (Wildman–Crippen LogP) is 1.73. The van der Waals surface area contributed by atoms with Crippen LogP contribution in [0, 0.1) is 0 Å². The average molecular weight is 506 g/mol. The normalized spacial score (nSPS) is 18.6. The highest BCUT2D eigenvalue weighted by Gasteiger charge is 2.30. The van der Waals surface area contributed by atoms with Crippen LogP contribution in [-0.2, 0) is 51.6 Å². The molecule has 0 saturated carbocycles. The molecular formula is C16H12ClN3O8S3. The number of esters is 1. The zero-order chi connectivity index (χ0) is 22.2. The number of anilines is 2. The molecule has 2 aliphatic rings. The van der Waals surface area contributed by atoms with Crippen molar-refractivity contribution in [3.8, 4) is 0 Å². The monoisotopic (exact) mass is 505 g/mol. The van der Waals surface area contributed by atoms with Crippen molar-refractivity contribution in [3.05, 3.63) is 26.9 Å². The van der Waals surface area contributed by atoms with Crippen LogP contribution in [0.1, 0.15) is 10.4 Å². The van der Waals surface area contributed by atoms with Gasteiger partial charge in [-0.25, -0.2) is 4.79 Å². The number of thiophene rings is 2. The first kappa shape index (κ1) is 21.7. The van der Waals surface area contributed by atoms with Gasteiger partial charge in [-0.05, 0) is 17.7 Å². The van der Waals surface area contributed by atoms with Gasteiger partial charge in [-0.3, -0.25) is 9.59 Å². The van der Waals surface area contributed by atoms with Crippen molar-refractivity contribution in [2.75, 3.05) is 17.2 Å². The second-order valence-electron chi connectivity index (χ2n) is 6.21. The second kappa shape index (κ2) is 8.55. The van der Waals surface area contributed by atoms with Gasteiger partial charge in [0.15, 0.2) is 4.21 Å². The molecule has 31 heavy (non-hydrogen) atoms. The molecule has 2 aromatic heterocycles. The number of ether oxygens (including phenoxy) is 3. The summed E-state index contributed by atoms with van der Waals surface area (Å²) in [5.74, 6) is -2.38. The zero-order valence-corrected chi connectivity index (χ0v) is 18.5. The van der Waals surface area contributed by atoms with E-state index in [2.05, 4.69) is 19.8 Å². The number of halogens is 1. The summed E-state index contributed by atoms with van der Waals surface area (Å²) in [5.41, 5.74) is 1.18. The summed E-state index contributed by atoms with van der Waals surface area (Å²) in [6.45, 7) is 0.145. The summed E-state index contributed by atoms with van der Waals surface area (Å²) >= 11 is 8.00. The van der Waals surface area contributed by atoms with Gasteiger partial charge in [-0.2, -0.15) is 8.42 Å². The fourth-order valence-corrected chi connectivity index (χ4v) is 6.49. The molecule has 4 heterocycles. The highest BCUT2D eigenvalue weighted by molar-refractivity contribution is 7.92. The maximum atomic E-state index is 12.2. The van der Waals surface area contributed by atoms with Gasteiger partial charge in [0.25, 0.3) is 10.0 Å². The van der Waals surface area contributed by atoms with Crippen LogP contribution in [0.25, 0.3) is 0 Å². The number of nitrogens with one attached hydrogen (secondary N) is 2. The van der Waals surface area contributed by atoms with E-state index < -0.39 is 28.0 Å². The summed E-state index contributed by atoms with van der Waals surface area (Å²) in [5, 5.41) is 5.54. The molecule has 4 rings (SSSR count). The average Bonchev–Trinajstić information content (AvgIpc) is 3.28. The van der Waals surface area contributed by atoms with Crippen molar-refractivity contribution in [1.82, 2.24) is 0 Å². The number of amides is 1. The van der Waals surface area contributed by atoms with Crippen LogP contribution in [0.5, 0.6) is 0 Å². The highest BCUT2D eigenvalue weighted by atomic mass is 35.5. The lowest BCUT2D eigenvalue weighted by molar-refractivity contribution is -0.157. The summed E-state index contributed by atoms with van der Waals surface area (Å²) in [6.07, 6.45) is 0.0288. The molecule has 11 nitrogen and oxygen atoms in total. The largest absolute Gasteiger partial charge is 0.462 e. The maximum Gasteiger partial charge on any atom is 0.404 e. The first-order chi connectivity index (χ1) is 14.7. The van der Waals surface area contributed by atoms with Crippen molar-refractivity contribution in [1.29, 1.82) is 0 Å². The molecule has 0 fully saturated rings. The Bertz CT molecular complexity index is 1200. The number of hydrogen-bond donors (Lipinski definition) is 2. The Balaban J connectivity index is 1.36. The number of sulfonamides is 1. The quantitative estimate of drug-likeness (QED) is 0.274. The molecule has 2 N–H and O–H groups in total. The van der Waals surface area contributed by atoms with Crippen LogP contribution in [0.15, 0.2) is 20.7 Å². The molecule has 0 bridgehead atoms. The molecule has 1 amide bonds. The summed E-state index contributed by atoms with van der Waals surface area (Å²) in [6, 6.07) is 2.98. The van der Waals surface area contributed by atoms with Crippen molar-refractivity contribution in [2.24, 2.45) is 4.40 Å². The lowest BCUT2D eigenvalue weighted by Gasteiger charge is -2.24. The number of rotatable bonds is 4. The summed E-state index contributed by atoms with van der Waals surface area (Å²) < 4.78 is 43.6. The van der Waals surface area contributed by atoms with E-state index in [0.29, 0.717) is 21.4 Å². The molecule has 1 atom stereocenters. The first-order valence-electron chi connectivity index (χ1n) is 8.48. The summed E-state index contributed by atoms with van der Waals surface area (Å²) in [7, 11) is -3.90. The number of fused-ring (bicyclic) bond motifs is 2. The molecule has 15 heteroatoms. The number of carbonyl (C=O) groups excluding carboxylic acids is 3.